The Kier molecular flexibility index (Phi) is 27.8. The molecule has 504 valence electrons. The number of rotatable bonds is 11. The van der Waals surface area contributed by atoms with Crippen LogP contribution in [0, 0.1) is 0 Å². The van der Waals surface area contributed by atoms with E-state index in [0.717, 1.165) is 89.7 Å². The van der Waals surface area contributed by atoms with Crippen LogP contribution in [0.3, 0.4) is 0 Å². The normalized spacial score (nSPS) is 16.2. The van der Waals surface area contributed by atoms with E-state index in [9.17, 15) is 24.0 Å². The standard InChI is InChI=1S/C24H29N7O2.C20H21BrN6O.C15H19N5O.C5H3Br2N.C4H9NO/c1-4-23(32)28(3)21-10-7-11-22(27-21)29-15-12-18(2)30(17-16-29)24(33)19-8-5-6-9-20(19)31-25-13-14-26-31;1-15-9-12-25(19-8-4-7-18(21)24-19)13-14-26(15)20(28)16-5-2-3-6-17(16)27-22-10-11-23-27;1-12-6-7-16-10-11-19(12)15(21)13-4-2-3-5-14(13)20-17-8-9-18-20;6-4-2-1-3-5(7)8-4;1-3-4(6)5-2/h5-11,13-14,18H,4,12,15-17H2,1-3H3;2-8,10-11,15H,9,12-14H2,1H3;2-5,8-9,12,16H,6-7,10-11H2,1H3;1-3H;3H2,1-2H3,(H,5,6)/t18-;15-;12-;;/m111../s1. The lowest BCUT2D eigenvalue weighted by Gasteiger charge is -2.27. The van der Waals surface area contributed by atoms with E-state index in [1.165, 1.54) is 14.4 Å². The number of halogens is 3. The molecule has 12 rings (SSSR count). The van der Waals surface area contributed by atoms with Crippen LogP contribution in [-0.2, 0) is 9.59 Å². The number of hydrogen-bond donors (Lipinski definition) is 2. The van der Waals surface area contributed by atoms with E-state index in [1.54, 1.807) is 56.2 Å². The second-order valence-corrected chi connectivity index (χ2v) is 24.9. The van der Waals surface area contributed by atoms with Gasteiger partial charge in [0.25, 0.3) is 17.7 Å². The SMILES string of the molecule is Brc1cccc(Br)n1.CCC(=O)N(C)c1cccc(N2CC[C@@H](C)N(C(=O)c3ccccc3-n3nccn3)CC2)n1.CCC(=O)NC.C[C@@H]1CCN(c2cccc(Br)n2)CCN1C(=O)c1ccccc1-n1nccn1.C[C@@H]1CCNCCN1C(=O)c1ccccc1-n1nccn1. The van der Waals surface area contributed by atoms with Crippen molar-refractivity contribution in [2.24, 2.45) is 0 Å². The number of carbonyl (C=O) groups excluding carboxylic acids is 5. The lowest BCUT2D eigenvalue weighted by molar-refractivity contribution is -0.120. The number of nitrogens with one attached hydrogen (secondary N) is 2. The zero-order valence-corrected chi connectivity index (χ0v) is 59.7. The minimum absolute atomic E-state index is 0.00412. The third-order valence-corrected chi connectivity index (χ3v) is 17.5. The van der Waals surface area contributed by atoms with Gasteiger partial charge < -0.3 is 35.1 Å². The molecule has 9 heterocycles. The smallest absolute Gasteiger partial charge is 0.256 e. The molecule has 25 nitrogen and oxygen atoms in total. The van der Waals surface area contributed by atoms with Gasteiger partial charge in [0.05, 0.1) is 70.9 Å². The Hall–Kier alpha value is -9.12. The summed E-state index contributed by atoms with van der Waals surface area (Å²) in [5.74, 6) is 2.49. The third-order valence-electron chi connectivity index (χ3n) is 16.2. The summed E-state index contributed by atoms with van der Waals surface area (Å²) in [5, 5.41) is 30.8. The molecule has 0 aliphatic carbocycles. The van der Waals surface area contributed by atoms with Crippen LogP contribution in [0.4, 0.5) is 17.5 Å². The molecule has 0 spiro atoms. The van der Waals surface area contributed by atoms with Crippen LogP contribution in [-0.4, -0.2) is 195 Å². The summed E-state index contributed by atoms with van der Waals surface area (Å²) in [6.07, 6.45) is 13.3. The molecule has 5 amide bonds. The van der Waals surface area contributed by atoms with Crippen LogP contribution in [0.25, 0.3) is 17.1 Å². The second-order valence-electron chi connectivity index (χ2n) is 22.4. The van der Waals surface area contributed by atoms with Crippen molar-refractivity contribution in [2.45, 2.75) is 84.8 Å². The zero-order valence-electron chi connectivity index (χ0n) is 54.9. The molecule has 9 aromatic rings. The largest absolute Gasteiger partial charge is 0.359 e. The average molecular weight is 1500 g/mol. The van der Waals surface area contributed by atoms with Gasteiger partial charge in [-0.25, -0.2) is 15.0 Å². The first kappa shape index (κ1) is 72.7. The maximum Gasteiger partial charge on any atom is 0.256 e. The predicted octanol–water partition coefficient (Wildman–Crippen LogP) is 9.78. The Morgan fingerprint density at radius 2 is 0.844 bits per heavy atom. The fraction of sp³-hybridized carbons (Fsp3) is 0.353. The van der Waals surface area contributed by atoms with Crippen molar-refractivity contribution in [1.29, 1.82) is 0 Å². The Labute approximate surface area is 585 Å². The predicted molar refractivity (Wildman–Crippen MR) is 381 cm³/mol. The zero-order chi connectivity index (χ0) is 68.5. The molecule has 3 fully saturated rings. The summed E-state index contributed by atoms with van der Waals surface area (Å²) in [6.45, 7) is 16.7. The number of amides is 5. The van der Waals surface area contributed by atoms with E-state index in [4.69, 9.17) is 4.98 Å². The van der Waals surface area contributed by atoms with Crippen LogP contribution in [0.1, 0.15) is 97.8 Å². The summed E-state index contributed by atoms with van der Waals surface area (Å²) in [5.41, 5.74) is 3.91. The van der Waals surface area contributed by atoms with E-state index in [-0.39, 0.29) is 47.7 Å². The van der Waals surface area contributed by atoms with Gasteiger partial charge in [-0.05, 0) is 167 Å². The Morgan fingerprint density at radius 1 is 0.458 bits per heavy atom. The topological polar surface area (TPSA) is 260 Å². The van der Waals surface area contributed by atoms with Gasteiger partial charge >= 0.3 is 0 Å². The number of hydrogen-bond acceptors (Lipinski definition) is 17. The molecule has 96 heavy (non-hydrogen) atoms. The van der Waals surface area contributed by atoms with Gasteiger partial charge in [0.15, 0.2) is 0 Å². The van der Waals surface area contributed by atoms with Crippen LogP contribution < -0.4 is 25.3 Å². The molecule has 0 saturated carbocycles. The molecule has 28 heteroatoms. The number of aromatic nitrogens is 12. The van der Waals surface area contributed by atoms with Gasteiger partial charge in [0.1, 0.15) is 31.3 Å². The fourth-order valence-electron chi connectivity index (χ4n) is 10.7. The number of nitrogens with zero attached hydrogens (tertiary/aromatic N) is 18. The number of anilines is 3. The molecular formula is C68H81Br3N20O5. The van der Waals surface area contributed by atoms with Gasteiger partial charge in [-0.3, -0.25) is 28.9 Å². The van der Waals surface area contributed by atoms with Crippen LogP contribution in [0.5, 0.6) is 0 Å². The van der Waals surface area contributed by atoms with Crippen LogP contribution in [0.15, 0.2) is 178 Å². The molecule has 6 aromatic heterocycles. The minimum atomic E-state index is -0.0350. The van der Waals surface area contributed by atoms with E-state index in [0.29, 0.717) is 66.4 Å². The van der Waals surface area contributed by atoms with Gasteiger partial charge in [-0.1, -0.05) is 68.4 Å². The molecule has 3 aromatic carbocycles. The maximum atomic E-state index is 13.6. The third kappa shape index (κ3) is 20.0. The van der Waals surface area contributed by atoms with Crippen molar-refractivity contribution >= 4 is 94.8 Å². The first-order valence-electron chi connectivity index (χ1n) is 31.8. The summed E-state index contributed by atoms with van der Waals surface area (Å²) < 4.78 is 2.52. The summed E-state index contributed by atoms with van der Waals surface area (Å²) in [6, 6.07) is 40.1. The van der Waals surface area contributed by atoms with Gasteiger partial charge in [0.2, 0.25) is 11.8 Å². The summed E-state index contributed by atoms with van der Waals surface area (Å²) in [4.78, 5) is 91.5. The number of benzene rings is 3. The molecule has 3 aliphatic rings. The Bertz CT molecular complexity index is 3920. The van der Waals surface area contributed by atoms with E-state index in [2.05, 4.69) is 130 Å². The number of carbonyl (C=O) groups is 5. The second kappa shape index (κ2) is 36.7. The van der Waals surface area contributed by atoms with Crippen molar-refractivity contribution in [3.63, 3.8) is 0 Å². The van der Waals surface area contributed by atoms with Crippen molar-refractivity contribution in [3.8, 4) is 17.1 Å². The van der Waals surface area contributed by atoms with Crippen molar-refractivity contribution in [3.05, 3.63) is 195 Å². The minimum Gasteiger partial charge on any atom is -0.359 e. The first-order valence-corrected chi connectivity index (χ1v) is 34.2. The van der Waals surface area contributed by atoms with Crippen molar-refractivity contribution in [2.75, 3.05) is 87.7 Å². The van der Waals surface area contributed by atoms with Gasteiger partial charge in [0, 0.05) is 97.4 Å². The monoisotopic (exact) mass is 1490 g/mol. The van der Waals surface area contributed by atoms with Crippen molar-refractivity contribution in [1.82, 2.24) is 85.3 Å². The maximum absolute atomic E-state index is 13.6. The quantitative estimate of drug-likeness (QED) is 0.114. The molecule has 3 atom stereocenters. The molecule has 0 bridgehead atoms. The van der Waals surface area contributed by atoms with E-state index < -0.39 is 0 Å². The molecule has 0 unspecified atom stereocenters. The molecule has 2 N–H and O–H groups in total. The highest BCUT2D eigenvalue weighted by molar-refractivity contribution is 9.11. The van der Waals surface area contributed by atoms with Gasteiger partial charge in [-0.2, -0.15) is 45.0 Å². The first-order chi connectivity index (χ1) is 46.5. The van der Waals surface area contributed by atoms with E-state index >= 15 is 0 Å². The Morgan fingerprint density at radius 3 is 1.23 bits per heavy atom. The lowest BCUT2D eigenvalue weighted by Crippen LogP contribution is -2.40. The summed E-state index contributed by atoms with van der Waals surface area (Å²) in [7, 11) is 3.38. The highest BCUT2D eigenvalue weighted by atomic mass is 79.9. The lowest BCUT2D eigenvalue weighted by atomic mass is 10.1. The van der Waals surface area contributed by atoms with Crippen LogP contribution >= 0.6 is 47.8 Å². The summed E-state index contributed by atoms with van der Waals surface area (Å²) >= 11 is 9.88. The number of pyridine rings is 3. The molecular weight excluding hydrogens is 1420 g/mol. The van der Waals surface area contributed by atoms with Gasteiger partial charge in [-0.15, -0.1) is 0 Å². The van der Waals surface area contributed by atoms with Crippen LogP contribution in [0.2, 0.25) is 0 Å². The highest BCUT2D eigenvalue weighted by Crippen LogP contribution is 2.26. The average Bonchev–Trinajstić information content (AvgIpc) is 1.44. The number of para-hydroxylation sites is 3. The fourth-order valence-corrected chi connectivity index (χ4v) is 12.0. The Balaban J connectivity index is 0.000000169. The van der Waals surface area contributed by atoms with E-state index in [1.807, 2.05) is 156 Å². The molecule has 3 aliphatic heterocycles. The highest BCUT2D eigenvalue weighted by Gasteiger charge is 2.31. The molecule has 0 radical (unpaired) electrons. The molecule has 3 saturated heterocycles. The van der Waals surface area contributed by atoms with Crippen molar-refractivity contribution < 1.29 is 24.0 Å².